The van der Waals surface area contributed by atoms with Crippen molar-refractivity contribution in [2.24, 2.45) is 0 Å². The summed E-state index contributed by atoms with van der Waals surface area (Å²) in [6.45, 7) is 0. The van der Waals surface area contributed by atoms with Gasteiger partial charge < -0.3 is 4.74 Å². The molecule has 0 spiro atoms. The highest BCUT2D eigenvalue weighted by atomic mass is 79.9. The summed E-state index contributed by atoms with van der Waals surface area (Å²) in [5, 5.41) is 0. The molecule has 0 aliphatic carbocycles. The van der Waals surface area contributed by atoms with E-state index in [4.69, 9.17) is 4.74 Å². The minimum absolute atomic E-state index is 0.0549. The van der Waals surface area contributed by atoms with E-state index in [0.717, 1.165) is 12.1 Å². The number of carbonyl (C=O) groups is 2. The molecule has 0 aliphatic rings. The molecule has 0 atom stereocenters. The van der Waals surface area contributed by atoms with E-state index in [1.165, 1.54) is 19.2 Å². The van der Waals surface area contributed by atoms with Crippen LogP contribution >= 0.6 is 31.9 Å². The maximum absolute atomic E-state index is 13.0. The van der Waals surface area contributed by atoms with Crippen molar-refractivity contribution in [2.75, 3.05) is 7.11 Å². The number of halogens is 5. The highest BCUT2D eigenvalue weighted by Crippen LogP contribution is 2.24. The van der Waals surface area contributed by atoms with Crippen molar-refractivity contribution in [3.63, 3.8) is 0 Å². The van der Waals surface area contributed by atoms with Crippen LogP contribution in [0.15, 0.2) is 33.2 Å². The summed E-state index contributed by atoms with van der Waals surface area (Å²) in [4.78, 5) is 20.4. The lowest BCUT2D eigenvalue weighted by molar-refractivity contribution is 0.110. The molecule has 3 nitrogen and oxygen atoms in total. The van der Waals surface area contributed by atoms with Gasteiger partial charge in [0.25, 0.3) is 0 Å². The van der Waals surface area contributed by atoms with Crippen molar-refractivity contribution in [1.29, 1.82) is 0 Å². The van der Waals surface area contributed by atoms with Crippen LogP contribution in [0.4, 0.5) is 13.2 Å². The Morgan fingerprint density at radius 2 is 1.22 bits per heavy atom. The molecule has 0 radical (unpaired) electrons. The third kappa shape index (κ3) is 5.18. The lowest BCUT2D eigenvalue weighted by Gasteiger charge is -2.04. The molecule has 0 amide bonds. The third-order valence-electron chi connectivity index (χ3n) is 2.56. The monoisotopic (exact) mass is 452 g/mol. The van der Waals surface area contributed by atoms with Gasteiger partial charge in [-0.25, -0.2) is 13.2 Å². The molecule has 0 heterocycles. The fourth-order valence-electron chi connectivity index (χ4n) is 1.51. The fraction of sp³-hybridized carbons (Fsp3) is 0.0667. The van der Waals surface area contributed by atoms with E-state index >= 15 is 0 Å². The fourth-order valence-corrected chi connectivity index (χ4v) is 2.32. The topological polar surface area (TPSA) is 43.4 Å². The van der Waals surface area contributed by atoms with Crippen LogP contribution in [-0.2, 0) is 0 Å². The SMILES string of the molecule is COc1cc(Br)cc(F)c1C=O.O=Cc1c(F)cc(Br)cc1F. The second kappa shape index (κ2) is 8.83. The number of hydrogen-bond acceptors (Lipinski definition) is 3. The van der Waals surface area contributed by atoms with Crippen molar-refractivity contribution in [2.45, 2.75) is 0 Å². The summed E-state index contributed by atoms with van der Waals surface area (Å²) >= 11 is 5.96. The third-order valence-corrected chi connectivity index (χ3v) is 3.47. The average Bonchev–Trinajstić information content (AvgIpc) is 2.46. The van der Waals surface area contributed by atoms with Crippen LogP contribution < -0.4 is 4.74 Å². The summed E-state index contributed by atoms with van der Waals surface area (Å²) in [5.41, 5.74) is -0.589. The van der Waals surface area contributed by atoms with Crippen LogP contribution in [0.25, 0.3) is 0 Å². The molecule has 122 valence electrons. The number of aldehydes is 2. The molecular formula is C15H9Br2F3O3. The van der Waals surface area contributed by atoms with Gasteiger partial charge in [-0.2, -0.15) is 0 Å². The van der Waals surface area contributed by atoms with E-state index in [-0.39, 0.29) is 22.1 Å². The predicted octanol–water partition coefficient (Wildman–Crippen LogP) is 4.95. The molecule has 0 fully saturated rings. The molecule has 0 saturated carbocycles. The van der Waals surface area contributed by atoms with Gasteiger partial charge in [0.2, 0.25) is 0 Å². The molecule has 2 aromatic rings. The Kier molecular flexibility index (Phi) is 7.44. The zero-order valence-corrected chi connectivity index (χ0v) is 14.8. The highest BCUT2D eigenvalue weighted by molar-refractivity contribution is 9.10. The number of hydrogen-bond donors (Lipinski definition) is 0. The first-order valence-corrected chi connectivity index (χ1v) is 7.50. The molecule has 2 aromatic carbocycles. The predicted molar refractivity (Wildman–Crippen MR) is 85.5 cm³/mol. The van der Waals surface area contributed by atoms with Crippen LogP contribution in [-0.4, -0.2) is 19.7 Å². The zero-order chi connectivity index (χ0) is 17.6. The Labute approximate surface area is 146 Å². The number of carbonyl (C=O) groups excluding carboxylic acids is 2. The van der Waals surface area contributed by atoms with Crippen LogP contribution in [0.5, 0.6) is 5.75 Å². The molecule has 23 heavy (non-hydrogen) atoms. The zero-order valence-electron chi connectivity index (χ0n) is 11.6. The van der Waals surface area contributed by atoms with Crippen molar-refractivity contribution in [3.8, 4) is 5.75 Å². The van der Waals surface area contributed by atoms with Gasteiger partial charge in [-0.1, -0.05) is 31.9 Å². The van der Waals surface area contributed by atoms with Gasteiger partial charge in [-0.05, 0) is 24.3 Å². The van der Waals surface area contributed by atoms with E-state index in [0.29, 0.717) is 10.8 Å². The molecule has 8 heteroatoms. The Bertz CT molecular complexity index is 713. The Hall–Kier alpha value is -1.67. The van der Waals surface area contributed by atoms with Gasteiger partial charge in [0.15, 0.2) is 12.6 Å². The van der Waals surface area contributed by atoms with Crippen LogP contribution in [0.1, 0.15) is 20.7 Å². The summed E-state index contributed by atoms with van der Waals surface area (Å²) in [6, 6.07) is 4.82. The highest BCUT2D eigenvalue weighted by Gasteiger charge is 2.09. The first-order valence-electron chi connectivity index (χ1n) is 5.92. The summed E-state index contributed by atoms with van der Waals surface area (Å²) < 4.78 is 43.8. The Morgan fingerprint density at radius 3 is 1.61 bits per heavy atom. The minimum Gasteiger partial charge on any atom is -0.496 e. The number of methoxy groups -OCH3 is 1. The Morgan fingerprint density at radius 1 is 0.826 bits per heavy atom. The van der Waals surface area contributed by atoms with Gasteiger partial charge in [0, 0.05) is 8.95 Å². The molecule has 0 aliphatic heterocycles. The largest absolute Gasteiger partial charge is 0.496 e. The number of benzene rings is 2. The lowest BCUT2D eigenvalue weighted by atomic mass is 10.2. The quantitative estimate of drug-likeness (QED) is 0.617. The van der Waals surface area contributed by atoms with Gasteiger partial charge >= 0.3 is 0 Å². The number of ether oxygens (including phenoxy) is 1. The summed E-state index contributed by atoms with van der Waals surface area (Å²) in [6.07, 6.45) is 0.581. The first kappa shape index (κ1) is 19.4. The molecule has 2 rings (SSSR count). The maximum atomic E-state index is 13.0. The van der Waals surface area contributed by atoms with Gasteiger partial charge in [0.1, 0.15) is 23.2 Å². The minimum atomic E-state index is -0.855. The molecular weight excluding hydrogens is 445 g/mol. The first-order chi connectivity index (χ1) is 10.8. The van der Waals surface area contributed by atoms with Crippen molar-refractivity contribution >= 4 is 44.4 Å². The van der Waals surface area contributed by atoms with Crippen molar-refractivity contribution in [1.82, 2.24) is 0 Å². The molecule has 0 N–H and O–H groups in total. The summed E-state index contributed by atoms with van der Waals surface area (Å²) in [5.74, 6) is -2.06. The molecule has 0 unspecified atom stereocenters. The van der Waals surface area contributed by atoms with Crippen LogP contribution in [0, 0.1) is 17.5 Å². The lowest BCUT2D eigenvalue weighted by Crippen LogP contribution is -1.94. The number of rotatable bonds is 3. The maximum Gasteiger partial charge on any atom is 0.156 e. The molecule has 0 saturated heterocycles. The van der Waals surface area contributed by atoms with Gasteiger partial charge in [-0.3, -0.25) is 9.59 Å². The average molecular weight is 454 g/mol. The van der Waals surface area contributed by atoms with E-state index < -0.39 is 23.0 Å². The second-order valence-corrected chi connectivity index (χ2v) is 5.85. The van der Waals surface area contributed by atoms with E-state index in [1.54, 1.807) is 0 Å². The standard InChI is InChI=1S/C8H6BrFO2.C7H3BrF2O/c1-12-8-3-5(9)2-7(10)6(8)4-11;8-4-1-6(9)5(3-11)7(10)2-4/h2-4H,1H3;1-3H. The Balaban J connectivity index is 0.000000231. The summed E-state index contributed by atoms with van der Waals surface area (Å²) in [7, 11) is 1.38. The van der Waals surface area contributed by atoms with Crippen molar-refractivity contribution < 1.29 is 27.5 Å². The second-order valence-electron chi connectivity index (χ2n) is 4.02. The normalized spacial score (nSPS) is 9.65. The van der Waals surface area contributed by atoms with E-state index in [9.17, 15) is 22.8 Å². The molecule has 0 bridgehead atoms. The van der Waals surface area contributed by atoms with Crippen molar-refractivity contribution in [3.05, 3.63) is 61.8 Å². The van der Waals surface area contributed by atoms with Crippen LogP contribution in [0.2, 0.25) is 0 Å². The van der Waals surface area contributed by atoms with E-state index in [2.05, 4.69) is 31.9 Å². The molecule has 0 aromatic heterocycles. The van der Waals surface area contributed by atoms with Gasteiger partial charge in [-0.15, -0.1) is 0 Å². The van der Waals surface area contributed by atoms with E-state index in [1.807, 2.05) is 0 Å². The van der Waals surface area contributed by atoms with Gasteiger partial charge in [0.05, 0.1) is 18.2 Å². The smallest absolute Gasteiger partial charge is 0.156 e. The van der Waals surface area contributed by atoms with Crippen LogP contribution in [0.3, 0.4) is 0 Å².